The van der Waals surface area contributed by atoms with Crippen LogP contribution < -0.4 is 10.6 Å². The van der Waals surface area contributed by atoms with E-state index in [1.807, 2.05) is 36.4 Å². The van der Waals surface area contributed by atoms with E-state index in [1.165, 1.54) is 6.07 Å². The quantitative estimate of drug-likeness (QED) is 0.362. The number of carbonyl (C=O) groups is 3. The third-order valence-electron chi connectivity index (χ3n) is 6.34. The summed E-state index contributed by atoms with van der Waals surface area (Å²) in [6.45, 7) is 3.52. The maximum atomic E-state index is 12.8. The van der Waals surface area contributed by atoms with Crippen LogP contribution in [0.2, 0.25) is 0 Å². The van der Waals surface area contributed by atoms with Crippen molar-refractivity contribution in [3.8, 4) is 11.1 Å². The van der Waals surface area contributed by atoms with Crippen LogP contribution >= 0.6 is 15.9 Å². The topological polar surface area (TPSA) is 105 Å². The van der Waals surface area contributed by atoms with E-state index in [0.717, 1.165) is 22.3 Å². The number of ether oxygens (including phenoxy) is 1. The second-order valence-corrected chi connectivity index (χ2v) is 9.36. The van der Waals surface area contributed by atoms with Crippen LogP contribution in [0, 0.1) is 5.92 Å². The molecule has 4 rings (SSSR count). The zero-order valence-electron chi connectivity index (χ0n) is 19.2. The van der Waals surface area contributed by atoms with E-state index in [1.54, 1.807) is 26.0 Å². The Bertz CT molecular complexity index is 1250. The molecule has 0 fully saturated rings. The van der Waals surface area contributed by atoms with Gasteiger partial charge in [-0.05, 0) is 57.2 Å². The third kappa shape index (κ3) is 5.07. The summed E-state index contributed by atoms with van der Waals surface area (Å²) in [5, 5.41) is 14.8. The molecule has 1 aliphatic carbocycles. The number of nitrogens with one attached hydrogen (secondary N) is 2. The van der Waals surface area contributed by atoms with Gasteiger partial charge in [0, 0.05) is 16.4 Å². The zero-order chi connectivity index (χ0) is 25.1. The Kier molecular flexibility index (Phi) is 7.21. The maximum Gasteiger partial charge on any atom is 0.407 e. The first-order valence-electron chi connectivity index (χ1n) is 11.2. The molecule has 0 bridgehead atoms. The first-order chi connectivity index (χ1) is 16.8. The van der Waals surface area contributed by atoms with Crippen molar-refractivity contribution in [2.45, 2.75) is 25.8 Å². The molecule has 2 atom stereocenters. The molecule has 0 spiro atoms. The molecule has 1 aliphatic rings. The fourth-order valence-electron chi connectivity index (χ4n) is 4.24. The predicted octanol–water partition coefficient (Wildman–Crippen LogP) is 5.65. The largest absolute Gasteiger partial charge is 0.478 e. The fraction of sp³-hybridized carbons (Fsp3) is 0.222. The number of fused-ring (bicyclic) bond motifs is 3. The number of alkyl carbamates (subject to hydrolysis) is 1. The number of halogens is 1. The Morgan fingerprint density at radius 2 is 1.54 bits per heavy atom. The van der Waals surface area contributed by atoms with Gasteiger partial charge in [0.15, 0.2) is 0 Å². The standard InChI is InChI=1S/C27H25BrN2O5/c1-15(25(31)30-24-21(26(32)33)12-7-13-23(24)28)16(2)29-27(34)35-14-22-19-10-5-3-8-17(19)18-9-4-6-11-20(18)22/h3-13,15-16,22H,14H2,1-2H3,(H,29,34)(H,30,31)(H,32,33). The summed E-state index contributed by atoms with van der Waals surface area (Å²) in [7, 11) is 0. The smallest absolute Gasteiger partial charge is 0.407 e. The van der Waals surface area contributed by atoms with E-state index in [2.05, 4.69) is 38.7 Å². The van der Waals surface area contributed by atoms with Crippen molar-refractivity contribution in [3.63, 3.8) is 0 Å². The van der Waals surface area contributed by atoms with Crippen molar-refractivity contribution in [2.24, 2.45) is 5.92 Å². The molecule has 0 radical (unpaired) electrons. The molecular weight excluding hydrogens is 512 g/mol. The Labute approximate surface area is 211 Å². The average Bonchev–Trinajstić information content (AvgIpc) is 3.17. The predicted molar refractivity (Wildman–Crippen MR) is 137 cm³/mol. The molecule has 0 saturated heterocycles. The molecule has 0 saturated carbocycles. The summed E-state index contributed by atoms with van der Waals surface area (Å²) in [4.78, 5) is 36.8. The molecule has 2 amide bonds. The number of carbonyl (C=O) groups excluding carboxylic acids is 2. The van der Waals surface area contributed by atoms with Gasteiger partial charge in [0.25, 0.3) is 0 Å². The molecule has 3 aromatic carbocycles. The van der Waals surface area contributed by atoms with Crippen LogP contribution in [0.3, 0.4) is 0 Å². The molecule has 35 heavy (non-hydrogen) atoms. The highest BCUT2D eigenvalue weighted by atomic mass is 79.9. The van der Waals surface area contributed by atoms with Crippen LogP contribution in [0.4, 0.5) is 10.5 Å². The van der Waals surface area contributed by atoms with Crippen molar-refractivity contribution >= 4 is 39.6 Å². The van der Waals surface area contributed by atoms with Crippen molar-refractivity contribution < 1.29 is 24.2 Å². The second kappa shape index (κ2) is 10.3. The van der Waals surface area contributed by atoms with Crippen LogP contribution in [0.1, 0.15) is 41.3 Å². The number of carboxylic acid groups (broad SMARTS) is 1. The Hall–Kier alpha value is -3.65. The van der Waals surface area contributed by atoms with Crippen LogP contribution in [-0.2, 0) is 9.53 Å². The van der Waals surface area contributed by atoms with Gasteiger partial charge in [0.2, 0.25) is 5.91 Å². The molecule has 3 aromatic rings. The van der Waals surface area contributed by atoms with E-state index in [4.69, 9.17) is 4.74 Å². The lowest BCUT2D eigenvalue weighted by molar-refractivity contribution is -0.120. The lowest BCUT2D eigenvalue weighted by Crippen LogP contribution is -2.42. The lowest BCUT2D eigenvalue weighted by atomic mass is 9.98. The molecule has 180 valence electrons. The van der Waals surface area contributed by atoms with E-state index in [-0.39, 0.29) is 23.8 Å². The number of benzene rings is 3. The van der Waals surface area contributed by atoms with E-state index < -0.39 is 29.9 Å². The molecule has 8 heteroatoms. The van der Waals surface area contributed by atoms with Gasteiger partial charge in [0.1, 0.15) is 6.61 Å². The third-order valence-corrected chi connectivity index (χ3v) is 7.01. The normalized spacial score (nSPS) is 13.8. The van der Waals surface area contributed by atoms with Crippen molar-refractivity contribution in [1.82, 2.24) is 5.32 Å². The Morgan fingerprint density at radius 1 is 0.943 bits per heavy atom. The number of rotatable bonds is 7. The SMILES string of the molecule is CC(NC(=O)OCC1c2ccccc2-c2ccccc21)C(C)C(=O)Nc1c(Br)cccc1C(=O)O. The number of hydrogen-bond acceptors (Lipinski definition) is 4. The van der Waals surface area contributed by atoms with E-state index >= 15 is 0 Å². The summed E-state index contributed by atoms with van der Waals surface area (Å²) in [6, 6.07) is 20.2. The van der Waals surface area contributed by atoms with Crippen LogP contribution in [0.15, 0.2) is 71.2 Å². The number of hydrogen-bond donors (Lipinski definition) is 3. The monoisotopic (exact) mass is 536 g/mol. The zero-order valence-corrected chi connectivity index (χ0v) is 20.8. The Morgan fingerprint density at radius 3 is 2.14 bits per heavy atom. The van der Waals surface area contributed by atoms with Gasteiger partial charge in [-0.1, -0.05) is 61.5 Å². The maximum absolute atomic E-state index is 12.8. The average molecular weight is 537 g/mol. The summed E-state index contributed by atoms with van der Waals surface area (Å²) < 4.78 is 6.02. The number of carboxylic acids is 1. The first-order valence-corrected chi connectivity index (χ1v) is 12.0. The van der Waals surface area contributed by atoms with Crippen LogP contribution in [-0.4, -0.2) is 35.7 Å². The molecule has 0 aromatic heterocycles. The Balaban J connectivity index is 1.37. The van der Waals surface area contributed by atoms with Crippen LogP contribution in [0.25, 0.3) is 11.1 Å². The van der Waals surface area contributed by atoms with Gasteiger partial charge in [-0.3, -0.25) is 4.79 Å². The molecule has 7 nitrogen and oxygen atoms in total. The fourth-order valence-corrected chi connectivity index (χ4v) is 4.71. The number of amides is 2. The highest BCUT2D eigenvalue weighted by Crippen LogP contribution is 2.44. The summed E-state index contributed by atoms with van der Waals surface area (Å²) in [5.41, 5.74) is 4.66. The van der Waals surface area contributed by atoms with E-state index in [9.17, 15) is 19.5 Å². The number of para-hydroxylation sites is 1. The van der Waals surface area contributed by atoms with Crippen molar-refractivity contribution in [2.75, 3.05) is 11.9 Å². The second-order valence-electron chi connectivity index (χ2n) is 8.50. The number of aromatic carboxylic acids is 1. The minimum absolute atomic E-state index is 0.0305. The minimum atomic E-state index is -1.15. The molecule has 0 heterocycles. The lowest BCUT2D eigenvalue weighted by Gasteiger charge is -2.22. The van der Waals surface area contributed by atoms with Gasteiger partial charge in [-0.25, -0.2) is 9.59 Å². The first kappa shape index (κ1) is 24.5. The molecular formula is C27H25BrN2O5. The molecule has 0 aliphatic heterocycles. The van der Waals surface area contributed by atoms with Gasteiger partial charge < -0.3 is 20.5 Å². The van der Waals surface area contributed by atoms with Gasteiger partial charge in [-0.2, -0.15) is 0 Å². The van der Waals surface area contributed by atoms with Gasteiger partial charge in [-0.15, -0.1) is 0 Å². The highest BCUT2D eigenvalue weighted by molar-refractivity contribution is 9.10. The number of anilines is 1. The molecule has 2 unspecified atom stereocenters. The highest BCUT2D eigenvalue weighted by Gasteiger charge is 2.30. The summed E-state index contributed by atoms with van der Waals surface area (Å²) in [5.74, 6) is -2.29. The van der Waals surface area contributed by atoms with E-state index in [0.29, 0.717) is 4.47 Å². The van der Waals surface area contributed by atoms with Crippen LogP contribution in [0.5, 0.6) is 0 Å². The summed E-state index contributed by atoms with van der Waals surface area (Å²) >= 11 is 3.28. The minimum Gasteiger partial charge on any atom is -0.478 e. The molecule has 3 N–H and O–H groups in total. The van der Waals surface area contributed by atoms with Gasteiger partial charge >= 0.3 is 12.1 Å². The van der Waals surface area contributed by atoms with Gasteiger partial charge in [0.05, 0.1) is 17.2 Å². The summed E-state index contributed by atoms with van der Waals surface area (Å²) in [6.07, 6.45) is -0.619. The van der Waals surface area contributed by atoms with Crippen molar-refractivity contribution in [1.29, 1.82) is 0 Å². The van der Waals surface area contributed by atoms with Crippen molar-refractivity contribution in [3.05, 3.63) is 87.9 Å².